The summed E-state index contributed by atoms with van der Waals surface area (Å²) in [4.78, 5) is 21.6. The molecule has 1 amide bonds. The number of aliphatic hydroxyl groups is 1. The predicted octanol–water partition coefficient (Wildman–Crippen LogP) is 7.45. The molecule has 5 nitrogen and oxygen atoms in total. The number of likely N-dealkylation sites (N-methyl/N-ethyl adjacent to an activating group) is 1. The molecule has 0 radical (unpaired) electrons. The summed E-state index contributed by atoms with van der Waals surface area (Å²) in [5, 5.41) is 9.81. The van der Waals surface area contributed by atoms with Gasteiger partial charge in [-0.3, -0.25) is 4.79 Å². The number of alkyl halides is 6. The van der Waals surface area contributed by atoms with Gasteiger partial charge in [0, 0.05) is 23.6 Å². The molecule has 1 fully saturated rings. The normalized spacial score (nSPS) is 16.3. The number of anilines is 2. The van der Waals surface area contributed by atoms with E-state index in [2.05, 4.69) is 20.9 Å². The van der Waals surface area contributed by atoms with Gasteiger partial charge in [-0.25, -0.2) is 4.98 Å². The molecule has 1 aliphatic rings. The second kappa shape index (κ2) is 11.3. The zero-order chi connectivity index (χ0) is 30.3. The van der Waals surface area contributed by atoms with Gasteiger partial charge in [0.05, 0.1) is 41.1 Å². The molecule has 0 aliphatic carbocycles. The second-order valence-electron chi connectivity index (χ2n) is 10.5. The molecule has 2 heterocycles. The lowest BCUT2D eigenvalue weighted by Crippen LogP contribution is -2.42. The number of carbonyl (C=O) groups excluding carboxylic acids is 1. The lowest BCUT2D eigenvalue weighted by Gasteiger charge is -2.32. The molecule has 0 saturated carbocycles. The largest absolute Gasteiger partial charge is 0.416 e. The van der Waals surface area contributed by atoms with Crippen molar-refractivity contribution in [1.82, 2.24) is 4.98 Å². The standard InChI is InChI=1S/C29H28BrF6N3O2/c1-27(2,17-11-18(28(31,32)33)13-19(12-17)29(34,35)36)26(41)38(3)24-15-37-25(39-10-6-7-20(39)16-40)14-22(24)21-8-4-5-9-23(21)30/h4-5,8-9,11-15,20,40H,6-7,10,16H2,1-3H3. The number of aromatic nitrogens is 1. The van der Waals surface area contributed by atoms with Crippen LogP contribution in [0.4, 0.5) is 37.8 Å². The molecule has 1 atom stereocenters. The average Bonchev–Trinajstić information content (AvgIpc) is 3.40. The molecule has 1 aliphatic heterocycles. The van der Waals surface area contributed by atoms with E-state index >= 15 is 0 Å². The average molecular weight is 644 g/mol. The van der Waals surface area contributed by atoms with E-state index in [1.54, 1.807) is 18.2 Å². The van der Waals surface area contributed by atoms with E-state index in [-0.39, 0.29) is 18.7 Å². The van der Waals surface area contributed by atoms with E-state index in [1.165, 1.54) is 32.0 Å². The molecule has 4 rings (SSSR count). The van der Waals surface area contributed by atoms with Crippen molar-refractivity contribution in [3.05, 3.63) is 75.9 Å². The molecule has 220 valence electrons. The number of nitrogens with zero attached hydrogens (tertiary/aromatic N) is 3. The minimum atomic E-state index is -5.05. The predicted molar refractivity (Wildman–Crippen MR) is 148 cm³/mol. The third-order valence-corrected chi connectivity index (χ3v) is 8.12. The van der Waals surface area contributed by atoms with Crippen LogP contribution in [0.1, 0.15) is 43.4 Å². The van der Waals surface area contributed by atoms with Gasteiger partial charge in [0.25, 0.3) is 0 Å². The molecule has 0 bridgehead atoms. The smallest absolute Gasteiger partial charge is 0.394 e. The van der Waals surface area contributed by atoms with Crippen molar-refractivity contribution in [2.24, 2.45) is 0 Å². The van der Waals surface area contributed by atoms with Gasteiger partial charge in [-0.1, -0.05) is 34.1 Å². The van der Waals surface area contributed by atoms with Gasteiger partial charge in [0.15, 0.2) is 0 Å². The summed E-state index contributed by atoms with van der Waals surface area (Å²) in [5.41, 5.74) is -3.62. The lowest BCUT2D eigenvalue weighted by molar-refractivity contribution is -0.143. The maximum atomic E-state index is 13.9. The number of amides is 1. The Kier molecular flexibility index (Phi) is 8.48. The van der Waals surface area contributed by atoms with E-state index in [0.29, 0.717) is 45.8 Å². The summed E-state index contributed by atoms with van der Waals surface area (Å²) >= 11 is 3.53. The maximum absolute atomic E-state index is 13.9. The van der Waals surface area contributed by atoms with Crippen LogP contribution in [0.15, 0.2) is 59.2 Å². The Bertz CT molecular complexity index is 1410. The van der Waals surface area contributed by atoms with Gasteiger partial charge in [-0.05, 0) is 68.1 Å². The number of rotatable bonds is 6. The number of benzene rings is 2. The summed E-state index contributed by atoms with van der Waals surface area (Å²) in [6.07, 6.45) is -6.99. The fraction of sp³-hybridized carbons (Fsp3) is 0.379. The first kappa shape index (κ1) is 30.8. The minimum Gasteiger partial charge on any atom is -0.394 e. The van der Waals surface area contributed by atoms with Gasteiger partial charge in [-0.2, -0.15) is 26.3 Å². The minimum absolute atomic E-state index is 0.0411. The lowest BCUT2D eigenvalue weighted by atomic mass is 9.81. The highest BCUT2D eigenvalue weighted by Gasteiger charge is 2.41. The highest BCUT2D eigenvalue weighted by molar-refractivity contribution is 9.10. The van der Waals surface area contributed by atoms with E-state index < -0.39 is 40.4 Å². The first-order valence-electron chi connectivity index (χ1n) is 12.8. The molecular weight excluding hydrogens is 616 g/mol. The number of pyridine rings is 1. The summed E-state index contributed by atoms with van der Waals surface area (Å²) in [5.74, 6) is -0.161. The molecule has 1 N–H and O–H groups in total. The Morgan fingerprint density at radius 2 is 1.59 bits per heavy atom. The Balaban J connectivity index is 1.82. The third-order valence-electron chi connectivity index (χ3n) is 7.42. The van der Waals surface area contributed by atoms with Gasteiger partial charge >= 0.3 is 12.4 Å². The van der Waals surface area contributed by atoms with Gasteiger partial charge in [0.1, 0.15) is 5.82 Å². The SMILES string of the molecule is CN(C(=O)C(C)(C)c1cc(C(F)(F)F)cc(C(F)(F)F)c1)c1cnc(N2CCCC2CO)cc1-c1ccccc1Br. The fourth-order valence-electron chi connectivity index (χ4n) is 5.05. The Hall–Kier alpha value is -3.12. The van der Waals surface area contributed by atoms with Gasteiger partial charge < -0.3 is 14.9 Å². The van der Waals surface area contributed by atoms with Crippen LogP contribution < -0.4 is 9.80 Å². The first-order chi connectivity index (χ1) is 19.1. The molecule has 1 unspecified atom stereocenters. The topological polar surface area (TPSA) is 56.7 Å². The van der Waals surface area contributed by atoms with Crippen LogP contribution in [-0.4, -0.2) is 42.2 Å². The quantitative estimate of drug-likeness (QED) is 0.284. The van der Waals surface area contributed by atoms with Crippen molar-refractivity contribution in [2.45, 2.75) is 50.5 Å². The first-order valence-corrected chi connectivity index (χ1v) is 13.6. The van der Waals surface area contributed by atoms with Crippen molar-refractivity contribution in [3.63, 3.8) is 0 Å². The van der Waals surface area contributed by atoms with Crippen LogP contribution in [0, 0.1) is 0 Å². The van der Waals surface area contributed by atoms with Crippen molar-refractivity contribution in [2.75, 3.05) is 30.0 Å². The highest BCUT2D eigenvalue weighted by Crippen LogP contribution is 2.42. The molecule has 0 spiro atoms. The molecule has 41 heavy (non-hydrogen) atoms. The molecular formula is C29H28BrF6N3O2. The molecule has 1 aromatic heterocycles. The second-order valence-corrected chi connectivity index (χ2v) is 11.3. The maximum Gasteiger partial charge on any atom is 0.416 e. The summed E-state index contributed by atoms with van der Waals surface area (Å²) in [6.45, 7) is 3.19. The third kappa shape index (κ3) is 6.23. The van der Waals surface area contributed by atoms with E-state index in [4.69, 9.17) is 0 Å². The van der Waals surface area contributed by atoms with E-state index in [0.717, 1.165) is 12.8 Å². The molecule has 12 heteroatoms. The number of aliphatic hydroxyl groups excluding tert-OH is 1. The van der Waals surface area contributed by atoms with Crippen molar-refractivity contribution in [1.29, 1.82) is 0 Å². The van der Waals surface area contributed by atoms with Crippen LogP contribution in [0.5, 0.6) is 0 Å². The summed E-state index contributed by atoms with van der Waals surface area (Å²) in [7, 11) is 1.41. The molecule has 3 aromatic rings. The van der Waals surface area contributed by atoms with Crippen LogP contribution in [0.3, 0.4) is 0 Å². The molecule has 1 saturated heterocycles. The van der Waals surface area contributed by atoms with E-state index in [1.807, 2.05) is 17.0 Å². The van der Waals surface area contributed by atoms with Crippen LogP contribution in [0.2, 0.25) is 0 Å². The summed E-state index contributed by atoms with van der Waals surface area (Å²) in [6, 6.07) is 10.1. The zero-order valence-corrected chi connectivity index (χ0v) is 24.0. The van der Waals surface area contributed by atoms with Gasteiger partial charge in [-0.15, -0.1) is 0 Å². The van der Waals surface area contributed by atoms with Crippen LogP contribution in [0.25, 0.3) is 11.1 Å². The van der Waals surface area contributed by atoms with Crippen LogP contribution >= 0.6 is 15.9 Å². The number of carbonyl (C=O) groups is 1. The monoisotopic (exact) mass is 643 g/mol. The fourth-order valence-corrected chi connectivity index (χ4v) is 5.55. The Labute approximate surface area is 241 Å². The van der Waals surface area contributed by atoms with Gasteiger partial charge in [0.2, 0.25) is 5.91 Å². The van der Waals surface area contributed by atoms with Crippen LogP contribution in [-0.2, 0) is 22.6 Å². The number of hydrogen-bond donors (Lipinski definition) is 1. The number of halogens is 7. The summed E-state index contributed by atoms with van der Waals surface area (Å²) < 4.78 is 82.0. The van der Waals surface area contributed by atoms with Crippen molar-refractivity contribution < 1.29 is 36.2 Å². The van der Waals surface area contributed by atoms with E-state index in [9.17, 15) is 36.2 Å². The zero-order valence-electron chi connectivity index (χ0n) is 22.4. The molecule has 2 aromatic carbocycles. The van der Waals surface area contributed by atoms with Crippen molar-refractivity contribution in [3.8, 4) is 11.1 Å². The Morgan fingerprint density at radius 3 is 2.15 bits per heavy atom. The van der Waals surface area contributed by atoms with Crippen molar-refractivity contribution >= 4 is 33.3 Å². The Morgan fingerprint density at radius 1 is 1.00 bits per heavy atom. The number of hydrogen-bond acceptors (Lipinski definition) is 4. The highest BCUT2D eigenvalue weighted by atomic mass is 79.9.